The van der Waals surface area contributed by atoms with Crippen LogP contribution in [0.1, 0.15) is 39.7 Å². The van der Waals surface area contributed by atoms with E-state index in [4.69, 9.17) is 0 Å². The van der Waals surface area contributed by atoms with Gasteiger partial charge in [0.05, 0.1) is 18.3 Å². The molecular weight excluding hydrogens is 246 g/mol. The average molecular weight is 271 g/mol. The minimum atomic E-state index is 0.286. The fourth-order valence-corrected chi connectivity index (χ4v) is 3.10. The number of hydrogen-bond donors (Lipinski definition) is 1. The Labute approximate surface area is 122 Å². The van der Waals surface area contributed by atoms with Crippen LogP contribution in [0.3, 0.4) is 0 Å². The molecule has 108 valence electrons. The second-order valence-corrected chi connectivity index (χ2v) is 5.76. The lowest BCUT2D eigenvalue weighted by Gasteiger charge is -2.22. The topological polar surface area (TPSA) is 29.9 Å². The summed E-state index contributed by atoms with van der Waals surface area (Å²) in [6.07, 6.45) is 0. The second kappa shape index (κ2) is 5.80. The summed E-state index contributed by atoms with van der Waals surface area (Å²) in [6, 6.07) is 6.93. The molecule has 1 aromatic heterocycles. The molecule has 0 saturated heterocycles. The van der Waals surface area contributed by atoms with Gasteiger partial charge in [0.2, 0.25) is 0 Å². The highest BCUT2D eigenvalue weighted by atomic mass is 15.3. The van der Waals surface area contributed by atoms with Gasteiger partial charge in [0.25, 0.3) is 0 Å². The smallest absolute Gasteiger partial charge is 0.0607 e. The predicted molar refractivity (Wildman–Crippen MR) is 84.2 cm³/mol. The quantitative estimate of drug-likeness (QED) is 0.924. The molecule has 0 bridgehead atoms. The van der Waals surface area contributed by atoms with Crippen LogP contribution in [-0.4, -0.2) is 16.8 Å². The van der Waals surface area contributed by atoms with E-state index in [1.54, 1.807) is 0 Å². The first-order chi connectivity index (χ1) is 9.42. The number of benzene rings is 1. The van der Waals surface area contributed by atoms with Crippen LogP contribution in [0.15, 0.2) is 18.2 Å². The molecule has 0 radical (unpaired) electrons. The lowest BCUT2D eigenvalue weighted by molar-refractivity contribution is 0.457. The number of nitrogens with one attached hydrogen (secondary N) is 1. The van der Waals surface area contributed by atoms with Crippen LogP contribution in [0.5, 0.6) is 0 Å². The van der Waals surface area contributed by atoms with Crippen molar-refractivity contribution in [3.8, 4) is 0 Å². The minimum absolute atomic E-state index is 0.286. The van der Waals surface area contributed by atoms with E-state index in [-0.39, 0.29) is 6.04 Å². The monoisotopic (exact) mass is 271 g/mol. The van der Waals surface area contributed by atoms with Crippen LogP contribution in [0.4, 0.5) is 0 Å². The normalized spacial score (nSPS) is 12.7. The van der Waals surface area contributed by atoms with Gasteiger partial charge in [-0.25, -0.2) is 0 Å². The molecule has 1 aromatic carbocycles. The summed E-state index contributed by atoms with van der Waals surface area (Å²) in [5.41, 5.74) is 7.71. The van der Waals surface area contributed by atoms with Crippen molar-refractivity contribution in [3.63, 3.8) is 0 Å². The molecule has 2 aromatic rings. The summed E-state index contributed by atoms with van der Waals surface area (Å²) >= 11 is 0. The number of aromatic nitrogens is 2. The summed E-state index contributed by atoms with van der Waals surface area (Å²) in [7, 11) is 2.02. The third-order valence-electron chi connectivity index (χ3n) is 3.89. The van der Waals surface area contributed by atoms with Crippen molar-refractivity contribution in [1.29, 1.82) is 0 Å². The van der Waals surface area contributed by atoms with Crippen LogP contribution in [0.25, 0.3) is 0 Å². The zero-order chi connectivity index (χ0) is 14.9. The van der Waals surface area contributed by atoms with E-state index in [0.717, 1.165) is 12.2 Å². The van der Waals surface area contributed by atoms with Gasteiger partial charge in [-0.1, -0.05) is 17.7 Å². The van der Waals surface area contributed by atoms with E-state index in [2.05, 4.69) is 61.0 Å². The van der Waals surface area contributed by atoms with E-state index in [9.17, 15) is 0 Å². The predicted octanol–water partition coefficient (Wildman–Crippen LogP) is 3.39. The Balaban J connectivity index is 2.36. The van der Waals surface area contributed by atoms with Gasteiger partial charge in [-0.2, -0.15) is 5.10 Å². The Kier molecular flexibility index (Phi) is 4.29. The summed E-state index contributed by atoms with van der Waals surface area (Å²) in [5.74, 6) is 0. The van der Waals surface area contributed by atoms with Crippen LogP contribution >= 0.6 is 0 Å². The first kappa shape index (κ1) is 14.8. The van der Waals surface area contributed by atoms with Gasteiger partial charge in [0.15, 0.2) is 0 Å². The maximum atomic E-state index is 4.58. The first-order valence-corrected chi connectivity index (χ1v) is 7.18. The highest BCUT2D eigenvalue weighted by Gasteiger charge is 2.16. The zero-order valence-corrected chi connectivity index (χ0v) is 13.4. The van der Waals surface area contributed by atoms with Crippen molar-refractivity contribution in [3.05, 3.63) is 51.8 Å². The van der Waals surface area contributed by atoms with Crippen LogP contribution in [0.2, 0.25) is 0 Å². The van der Waals surface area contributed by atoms with Crippen molar-refractivity contribution < 1.29 is 0 Å². The molecule has 1 atom stereocenters. The van der Waals surface area contributed by atoms with Gasteiger partial charge < -0.3 is 5.32 Å². The lowest BCUT2D eigenvalue weighted by atomic mass is 9.94. The molecule has 1 N–H and O–H groups in total. The van der Waals surface area contributed by atoms with E-state index in [0.29, 0.717) is 0 Å². The highest BCUT2D eigenvalue weighted by Crippen LogP contribution is 2.25. The van der Waals surface area contributed by atoms with Gasteiger partial charge in [0.1, 0.15) is 0 Å². The molecule has 0 saturated carbocycles. The average Bonchev–Trinajstić information content (AvgIpc) is 2.65. The molecule has 0 aliphatic rings. The van der Waals surface area contributed by atoms with Crippen molar-refractivity contribution in [2.75, 3.05) is 7.05 Å². The van der Waals surface area contributed by atoms with Gasteiger partial charge >= 0.3 is 0 Å². The maximum absolute atomic E-state index is 4.58. The Hall–Kier alpha value is -1.61. The summed E-state index contributed by atoms with van der Waals surface area (Å²) in [5, 5.41) is 8.02. The largest absolute Gasteiger partial charge is 0.311 e. The molecule has 0 spiro atoms. The SMILES string of the molecule is CNC(Cn1nc(C)cc1C)c1c(C)cc(C)cc1C. The van der Waals surface area contributed by atoms with E-state index >= 15 is 0 Å². The third kappa shape index (κ3) is 2.93. The second-order valence-electron chi connectivity index (χ2n) is 5.76. The number of aryl methyl sites for hydroxylation is 5. The van der Waals surface area contributed by atoms with Crippen LogP contribution < -0.4 is 5.32 Å². The molecular formula is C17H25N3. The van der Waals surface area contributed by atoms with Crippen molar-refractivity contribution in [2.45, 2.75) is 47.2 Å². The molecule has 20 heavy (non-hydrogen) atoms. The fourth-order valence-electron chi connectivity index (χ4n) is 3.10. The van der Waals surface area contributed by atoms with Gasteiger partial charge in [0, 0.05) is 5.69 Å². The molecule has 3 heteroatoms. The van der Waals surface area contributed by atoms with Crippen LogP contribution in [0, 0.1) is 34.6 Å². The number of rotatable bonds is 4. The summed E-state index contributed by atoms with van der Waals surface area (Å²) in [4.78, 5) is 0. The molecule has 0 aliphatic heterocycles. The molecule has 3 nitrogen and oxygen atoms in total. The van der Waals surface area contributed by atoms with E-state index in [1.165, 1.54) is 27.9 Å². The first-order valence-electron chi connectivity index (χ1n) is 7.18. The van der Waals surface area contributed by atoms with E-state index < -0.39 is 0 Å². The molecule has 1 unspecified atom stereocenters. The summed E-state index contributed by atoms with van der Waals surface area (Å²) < 4.78 is 2.09. The Morgan fingerprint density at radius 1 is 1.05 bits per heavy atom. The summed E-state index contributed by atoms with van der Waals surface area (Å²) in [6.45, 7) is 11.6. The number of hydrogen-bond acceptors (Lipinski definition) is 2. The minimum Gasteiger partial charge on any atom is -0.311 e. The number of likely N-dealkylation sites (N-methyl/N-ethyl adjacent to an activating group) is 1. The fraction of sp³-hybridized carbons (Fsp3) is 0.471. The molecule has 1 heterocycles. The third-order valence-corrected chi connectivity index (χ3v) is 3.89. The van der Waals surface area contributed by atoms with Gasteiger partial charge in [-0.15, -0.1) is 0 Å². The Bertz CT molecular complexity index is 588. The standard InChI is InChI=1S/C17H25N3/c1-11-7-12(2)17(13(3)8-11)16(18-6)10-20-15(5)9-14(4)19-20/h7-9,16,18H,10H2,1-6H3. The Morgan fingerprint density at radius 2 is 1.65 bits per heavy atom. The molecule has 0 aliphatic carbocycles. The van der Waals surface area contributed by atoms with Gasteiger partial charge in [-0.3, -0.25) is 4.68 Å². The molecule has 2 rings (SSSR count). The maximum Gasteiger partial charge on any atom is 0.0607 e. The van der Waals surface area contributed by atoms with Crippen LogP contribution in [-0.2, 0) is 6.54 Å². The lowest BCUT2D eigenvalue weighted by Crippen LogP contribution is -2.25. The van der Waals surface area contributed by atoms with Gasteiger partial charge in [-0.05, 0) is 64.4 Å². The van der Waals surface area contributed by atoms with Crippen molar-refractivity contribution in [2.24, 2.45) is 0 Å². The van der Waals surface area contributed by atoms with Crippen molar-refractivity contribution in [1.82, 2.24) is 15.1 Å². The zero-order valence-electron chi connectivity index (χ0n) is 13.4. The molecule has 0 fully saturated rings. The Morgan fingerprint density at radius 3 is 2.10 bits per heavy atom. The van der Waals surface area contributed by atoms with Crippen molar-refractivity contribution >= 4 is 0 Å². The molecule has 0 amide bonds. The van der Waals surface area contributed by atoms with E-state index in [1.807, 2.05) is 14.0 Å². The number of nitrogens with zero attached hydrogens (tertiary/aromatic N) is 2. The highest BCUT2D eigenvalue weighted by molar-refractivity contribution is 5.39.